The fraction of sp³-hybridized carbons (Fsp3) is 0.647. The van der Waals surface area contributed by atoms with Crippen molar-refractivity contribution in [1.29, 1.82) is 0 Å². The number of hydrogen-bond donors (Lipinski definition) is 1. The van der Waals surface area contributed by atoms with Gasteiger partial charge in [0.2, 0.25) is 0 Å². The molecule has 3 heterocycles. The summed E-state index contributed by atoms with van der Waals surface area (Å²) in [4.78, 5) is 7.00. The molecule has 6 nitrogen and oxygen atoms in total. The van der Waals surface area contributed by atoms with E-state index in [0.29, 0.717) is 5.92 Å². The highest BCUT2D eigenvalue weighted by atomic mass is 16.5. The van der Waals surface area contributed by atoms with E-state index >= 15 is 0 Å². The molecule has 0 unspecified atom stereocenters. The number of anilines is 1. The minimum Gasteiger partial charge on any atom is -0.381 e. The summed E-state index contributed by atoms with van der Waals surface area (Å²) in [6, 6.07) is 4.07. The highest BCUT2D eigenvalue weighted by molar-refractivity contribution is 5.49. The van der Waals surface area contributed by atoms with Gasteiger partial charge in [0.05, 0.1) is 6.20 Å². The molecule has 126 valence electrons. The van der Waals surface area contributed by atoms with Gasteiger partial charge in [-0.2, -0.15) is 9.61 Å². The summed E-state index contributed by atoms with van der Waals surface area (Å²) < 4.78 is 7.44. The average molecular weight is 317 g/mol. The van der Waals surface area contributed by atoms with E-state index in [4.69, 9.17) is 4.74 Å². The van der Waals surface area contributed by atoms with Gasteiger partial charge in [0.1, 0.15) is 5.82 Å². The minimum atomic E-state index is 0.124. The molecule has 0 radical (unpaired) electrons. The van der Waals surface area contributed by atoms with E-state index in [1.165, 1.54) is 0 Å². The Morgan fingerprint density at radius 1 is 1.35 bits per heavy atom. The van der Waals surface area contributed by atoms with E-state index in [0.717, 1.165) is 49.8 Å². The van der Waals surface area contributed by atoms with Crippen molar-refractivity contribution in [3.05, 3.63) is 24.0 Å². The maximum Gasteiger partial charge on any atom is 0.157 e. The van der Waals surface area contributed by atoms with E-state index in [9.17, 15) is 0 Å². The Bertz CT molecular complexity index is 658. The van der Waals surface area contributed by atoms with Gasteiger partial charge in [-0.05, 0) is 32.9 Å². The lowest BCUT2D eigenvalue weighted by Gasteiger charge is -2.43. The lowest BCUT2D eigenvalue weighted by atomic mass is 9.88. The molecule has 0 atom stereocenters. The van der Waals surface area contributed by atoms with Crippen molar-refractivity contribution >= 4 is 11.5 Å². The molecule has 0 aliphatic carbocycles. The van der Waals surface area contributed by atoms with Gasteiger partial charge in [-0.25, -0.2) is 4.98 Å². The molecular formula is C17H27N5O. The largest absolute Gasteiger partial charge is 0.381 e. The zero-order valence-electron chi connectivity index (χ0n) is 14.5. The molecule has 1 aliphatic heterocycles. The number of nitrogens with one attached hydrogen (secondary N) is 1. The van der Waals surface area contributed by atoms with E-state index in [1.807, 2.05) is 10.6 Å². The van der Waals surface area contributed by atoms with Crippen LogP contribution in [0.3, 0.4) is 0 Å². The zero-order chi connectivity index (χ0) is 16.4. The van der Waals surface area contributed by atoms with Crippen molar-refractivity contribution in [2.45, 2.75) is 38.1 Å². The van der Waals surface area contributed by atoms with Crippen LogP contribution in [0, 0.1) is 0 Å². The van der Waals surface area contributed by atoms with Gasteiger partial charge in [0.25, 0.3) is 0 Å². The van der Waals surface area contributed by atoms with Crippen molar-refractivity contribution in [3.63, 3.8) is 0 Å². The Morgan fingerprint density at radius 3 is 2.74 bits per heavy atom. The van der Waals surface area contributed by atoms with E-state index < -0.39 is 0 Å². The molecule has 0 aromatic carbocycles. The topological polar surface area (TPSA) is 54.7 Å². The summed E-state index contributed by atoms with van der Waals surface area (Å²) >= 11 is 0. The molecule has 2 aromatic rings. The summed E-state index contributed by atoms with van der Waals surface area (Å²) in [5.74, 6) is 1.40. The number of hydrogen-bond acceptors (Lipinski definition) is 5. The Labute approximate surface area is 137 Å². The molecular weight excluding hydrogens is 290 g/mol. The second-order valence-electron chi connectivity index (χ2n) is 6.91. The number of fused-ring (bicyclic) bond motifs is 1. The van der Waals surface area contributed by atoms with Crippen LogP contribution < -0.4 is 5.32 Å². The molecule has 0 spiro atoms. The highest BCUT2D eigenvalue weighted by Crippen LogP contribution is 2.27. The van der Waals surface area contributed by atoms with Crippen LogP contribution in [0.2, 0.25) is 0 Å². The Hall–Kier alpha value is -1.66. The fourth-order valence-electron chi connectivity index (χ4n) is 3.14. The van der Waals surface area contributed by atoms with Crippen LogP contribution in [0.25, 0.3) is 5.65 Å². The van der Waals surface area contributed by atoms with Gasteiger partial charge in [-0.15, -0.1) is 0 Å². The van der Waals surface area contributed by atoms with E-state index in [1.54, 1.807) is 6.20 Å². The normalized spacial score (nSPS) is 18.0. The van der Waals surface area contributed by atoms with Gasteiger partial charge in [0.15, 0.2) is 5.65 Å². The first-order chi connectivity index (χ1) is 11.0. The van der Waals surface area contributed by atoms with Gasteiger partial charge >= 0.3 is 0 Å². The van der Waals surface area contributed by atoms with Gasteiger partial charge < -0.3 is 15.0 Å². The number of rotatable bonds is 5. The zero-order valence-corrected chi connectivity index (χ0v) is 14.5. The molecule has 1 aliphatic rings. The molecule has 2 aromatic heterocycles. The van der Waals surface area contributed by atoms with E-state index in [2.05, 4.69) is 54.3 Å². The quantitative estimate of drug-likeness (QED) is 0.917. The molecule has 1 N–H and O–H groups in total. The first-order valence-corrected chi connectivity index (χ1v) is 8.35. The predicted octanol–water partition coefficient (Wildman–Crippen LogP) is 2.38. The summed E-state index contributed by atoms with van der Waals surface area (Å²) in [5.41, 5.74) is 2.11. The smallest absolute Gasteiger partial charge is 0.157 e. The third-order valence-corrected chi connectivity index (χ3v) is 4.94. The monoisotopic (exact) mass is 317 g/mol. The number of nitrogens with zero attached hydrogens (tertiary/aromatic N) is 4. The lowest BCUT2D eigenvalue weighted by Crippen LogP contribution is -2.53. The summed E-state index contributed by atoms with van der Waals surface area (Å²) in [6.07, 6.45) is 3.88. The van der Waals surface area contributed by atoms with Gasteiger partial charge in [0, 0.05) is 43.1 Å². The number of likely N-dealkylation sites (N-methyl/N-ethyl adjacent to an activating group) is 1. The second-order valence-corrected chi connectivity index (χ2v) is 6.91. The minimum absolute atomic E-state index is 0.124. The van der Waals surface area contributed by atoms with Crippen molar-refractivity contribution in [2.24, 2.45) is 0 Å². The van der Waals surface area contributed by atoms with Crippen LogP contribution in [0.15, 0.2) is 18.3 Å². The Morgan fingerprint density at radius 2 is 2.09 bits per heavy atom. The molecule has 0 amide bonds. The first kappa shape index (κ1) is 16.2. The second kappa shape index (κ2) is 6.45. The third-order valence-electron chi connectivity index (χ3n) is 4.94. The first-order valence-electron chi connectivity index (χ1n) is 8.35. The molecule has 3 rings (SSSR count). The maximum atomic E-state index is 5.55. The Kier molecular flexibility index (Phi) is 4.55. The van der Waals surface area contributed by atoms with Crippen LogP contribution in [-0.2, 0) is 4.74 Å². The SMILES string of the molecule is CC(C)c1cc(NCC2(N(C)C)CCOCC2)n2nccc2n1. The van der Waals surface area contributed by atoms with Gasteiger partial charge in [-0.1, -0.05) is 13.8 Å². The number of ether oxygens (including phenoxy) is 1. The van der Waals surface area contributed by atoms with Crippen LogP contribution >= 0.6 is 0 Å². The van der Waals surface area contributed by atoms with Crippen molar-refractivity contribution in [2.75, 3.05) is 39.2 Å². The average Bonchev–Trinajstić information content (AvgIpc) is 3.01. The summed E-state index contributed by atoms with van der Waals surface area (Å²) in [7, 11) is 4.31. The summed E-state index contributed by atoms with van der Waals surface area (Å²) in [6.45, 7) is 6.85. The molecule has 1 fully saturated rings. The van der Waals surface area contributed by atoms with Crippen molar-refractivity contribution < 1.29 is 4.74 Å². The highest BCUT2D eigenvalue weighted by Gasteiger charge is 2.34. The van der Waals surface area contributed by atoms with Crippen molar-refractivity contribution in [3.8, 4) is 0 Å². The van der Waals surface area contributed by atoms with Crippen molar-refractivity contribution in [1.82, 2.24) is 19.5 Å². The summed E-state index contributed by atoms with van der Waals surface area (Å²) in [5, 5.41) is 8.03. The molecule has 0 bridgehead atoms. The lowest BCUT2D eigenvalue weighted by molar-refractivity contribution is -0.000682. The molecule has 1 saturated heterocycles. The third kappa shape index (κ3) is 3.19. The molecule has 6 heteroatoms. The Balaban J connectivity index is 1.87. The predicted molar refractivity (Wildman–Crippen MR) is 92.0 cm³/mol. The number of aromatic nitrogens is 3. The molecule has 23 heavy (non-hydrogen) atoms. The fourth-order valence-corrected chi connectivity index (χ4v) is 3.14. The molecule has 0 saturated carbocycles. The van der Waals surface area contributed by atoms with E-state index in [-0.39, 0.29) is 5.54 Å². The standard InChI is InChI=1S/C17H27N5O/c1-13(2)14-11-16(22-15(20-14)5-8-19-22)18-12-17(21(3)4)6-9-23-10-7-17/h5,8,11,13,18H,6-7,9-10,12H2,1-4H3. The van der Waals surface area contributed by atoms with Gasteiger partial charge in [-0.3, -0.25) is 0 Å². The van der Waals surface area contributed by atoms with Crippen LogP contribution in [0.1, 0.15) is 38.3 Å². The van der Waals surface area contributed by atoms with Crippen LogP contribution in [0.4, 0.5) is 5.82 Å². The maximum absolute atomic E-state index is 5.55. The van der Waals surface area contributed by atoms with Crippen LogP contribution in [-0.4, -0.2) is 58.9 Å². The van der Waals surface area contributed by atoms with Crippen LogP contribution in [0.5, 0.6) is 0 Å².